The second-order valence-corrected chi connectivity index (χ2v) is 6.68. The summed E-state index contributed by atoms with van der Waals surface area (Å²) in [6.45, 7) is 9.97. The van der Waals surface area contributed by atoms with Gasteiger partial charge in [-0.2, -0.15) is 0 Å². The SMILES string of the molecule is CCCN1CCC(NC(=NCCCOc2ccc(F)cc2)NCC)CC1.I. The van der Waals surface area contributed by atoms with Crippen LogP contribution in [0.3, 0.4) is 0 Å². The van der Waals surface area contributed by atoms with Gasteiger partial charge in [0.15, 0.2) is 5.96 Å². The molecule has 154 valence electrons. The maximum atomic E-state index is 12.9. The van der Waals surface area contributed by atoms with E-state index >= 15 is 0 Å². The Morgan fingerprint density at radius 3 is 2.56 bits per heavy atom. The van der Waals surface area contributed by atoms with Crippen LogP contribution in [0.5, 0.6) is 5.75 Å². The first kappa shape index (κ1) is 23.9. The highest BCUT2D eigenvalue weighted by Gasteiger charge is 2.19. The van der Waals surface area contributed by atoms with E-state index in [2.05, 4.69) is 34.4 Å². The summed E-state index contributed by atoms with van der Waals surface area (Å²) in [5.41, 5.74) is 0. The summed E-state index contributed by atoms with van der Waals surface area (Å²) in [6, 6.07) is 6.61. The Balaban J connectivity index is 0.00000364. The topological polar surface area (TPSA) is 48.9 Å². The Hall–Kier alpha value is -1.09. The zero-order chi connectivity index (χ0) is 18.6. The molecule has 0 amide bonds. The van der Waals surface area contributed by atoms with E-state index in [1.54, 1.807) is 12.1 Å². The largest absolute Gasteiger partial charge is 0.494 e. The minimum absolute atomic E-state index is 0. The van der Waals surface area contributed by atoms with Crippen molar-refractivity contribution in [3.63, 3.8) is 0 Å². The third-order valence-electron chi connectivity index (χ3n) is 4.47. The fraction of sp³-hybridized carbons (Fsp3) is 0.650. The van der Waals surface area contributed by atoms with Gasteiger partial charge in [0.1, 0.15) is 11.6 Å². The predicted molar refractivity (Wildman–Crippen MR) is 121 cm³/mol. The zero-order valence-electron chi connectivity index (χ0n) is 16.5. The first-order valence-electron chi connectivity index (χ1n) is 9.86. The lowest BCUT2D eigenvalue weighted by Crippen LogP contribution is -2.48. The number of halogens is 2. The number of nitrogens with one attached hydrogen (secondary N) is 2. The highest BCUT2D eigenvalue weighted by Crippen LogP contribution is 2.12. The molecule has 1 aromatic carbocycles. The second-order valence-electron chi connectivity index (χ2n) is 6.68. The summed E-state index contributed by atoms with van der Waals surface area (Å²) in [5, 5.41) is 6.89. The molecule has 1 aliphatic heterocycles. The normalized spacial score (nSPS) is 15.9. The fourth-order valence-corrected chi connectivity index (χ4v) is 3.11. The van der Waals surface area contributed by atoms with Crippen LogP contribution in [0.1, 0.15) is 39.5 Å². The highest BCUT2D eigenvalue weighted by atomic mass is 127. The van der Waals surface area contributed by atoms with Crippen molar-refractivity contribution in [3.8, 4) is 5.75 Å². The highest BCUT2D eigenvalue weighted by molar-refractivity contribution is 14.0. The molecule has 1 heterocycles. The Morgan fingerprint density at radius 1 is 1.22 bits per heavy atom. The molecule has 0 aliphatic carbocycles. The predicted octanol–water partition coefficient (Wildman–Crippen LogP) is 3.64. The molecule has 2 N–H and O–H groups in total. The van der Waals surface area contributed by atoms with Crippen LogP contribution in [-0.2, 0) is 0 Å². The van der Waals surface area contributed by atoms with Crippen molar-refractivity contribution in [1.82, 2.24) is 15.5 Å². The smallest absolute Gasteiger partial charge is 0.191 e. The molecule has 1 aromatic rings. The van der Waals surface area contributed by atoms with Crippen molar-refractivity contribution in [2.75, 3.05) is 39.3 Å². The Morgan fingerprint density at radius 2 is 1.93 bits per heavy atom. The molecule has 2 rings (SSSR count). The molecular weight excluding hydrogens is 458 g/mol. The van der Waals surface area contributed by atoms with Gasteiger partial charge in [0.2, 0.25) is 0 Å². The van der Waals surface area contributed by atoms with Gasteiger partial charge in [-0.1, -0.05) is 6.92 Å². The molecule has 0 spiro atoms. The van der Waals surface area contributed by atoms with E-state index in [0.717, 1.165) is 44.9 Å². The number of aliphatic imine (C=N–C) groups is 1. The summed E-state index contributed by atoms with van der Waals surface area (Å²) < 4.78 is 18.5. The van der Waals surface area contributed by atoms with Gasteiger partial charge >= 0.3 is 0 Å². The molecule has 0 atom stereocenters. The maximum absolute atomic E-state index is 12.9. The standard InChI is InChI=1S/C20H33FN4O.HI/c1-3-13-25-14-10-18(11-15-25)24-20(22-4-2)23-12-5-16-26-19-8-6-17(21)7-9-19;/h6-9,18H,3-5,10-16H2,1-2H3,(H2,22,23,24);1H. The lowest BCUT2D eigenvalue weighted by Gasteiger charge is -2.32. The quantitative estimate of drug-likeness (QED) is 0.239. The summed E-state index contributed by atoms with van der Waals surface area (Å²) >= 11 is 0. The third-order valence-corrected chi connectivity index (χ3v) is 4.47. The second kappa shape index (κ2) is 14.0. The zero-order valence-corrected chi connectivity index (χ0v) is 18.9. The monoisotopic (exact) mass is 492 g/mol. The van der Waals surface area contributed by atoms with E-state index < -0.39 is 0 Å². The van der Waals surface area contributed by atoms with Crippen molar-refractivity contribution in [2.24, 2.45) is 4.99 Å². The Kier molecular flexibility index (Phi) is 12.4. The average Bonchev–Trinajstić information content (AvgIpc) is 2.65. The fourth-order valence-electron chi connectivity index (χ4n) is 3.11. The number of nitrogens with zero attached hydrogens (tertiary/aromatic N) is 2. The molecule has 1 saturated heterocycles. The first-order valence-corrected chi connectivity index (χ1v) is 9.86. The number of benzene rings is 1. The number of rotatable bonds is 9. The van der Waals surface area contributed by atoms with Crippen LogP contribution in [-0.4, -0.2) is 56.2 Å². The van der Waals surface area contributed by atoms with Gasteiger partial charge in [-0.25, -0.2) is 4.39 Å². The Bertz CT molecular complexity index is 533. The summed E-state index contributed by atoms with van der Waals surface area (Å²) in [7, 11) is 0. The van der Waals surface area contributed by atoms with Crippen LogP contribution in [0.25, 0.3) is 0 Å². The van der Waals surface area contributed by atoms with E-state index in [4.69, 9.17) is 4.74 Å². The molecule has 7 heteroatoms. The lowest BCUT2D eigenvalue weighted by atomic mass is 10.1. The van der Waals surface area contributed by atoms with Crippen LogP contribution in [0.2, 0.25) is 0 Å². The molecule has 0 aromatic heterocycles. The third kappa shape index (κ3) is 9.60. The lowest BCUT2D eigenvalue weighted by molar-refractivity contribution is 0.206. The van der Waals surface area contributed by atoms with Crippen LogP contribution in [0.15, 0.2) is 29.3 Å². The van der Waals surface area contributed by atoms with Crippen molar-refractivity contribution < 1.29 is 9.13 Å². The van der Waals surface area contributed by atoms with Crippen molar-refractivity contribution in [3.05, 3.63) is 30.1 Å². The summed E-state index contributed by atoms with van der Waals surface area (Å²) in [5.74, 6) is 1.34. The van der Waals surface area contributed by atoms with Crippen molar-refractivity contribution in [1.29, 1.82) is 0 Å². The summed E-state index contributed by atoms with van der Waals surface area (Å²) in [6.07, 6.45) is 4.38. The molecule has 0 unspecified atom stereocenters. The van der Waals surface area contributed by atoms with E-state index in [1.165, 1.54) is 25.1 Å². The van der Waals surface area contributed by atoms with Gasteiger partial charge < -0.3 is 20.3 Å². The molecule has 1 aliphatic rings. The molecule has 27 heavy (non-hydrogen) atoms. The van der Waals surface area contributed by atoms with Crippen LogP contribution in [0, 0.1) is 5.82 Å². The van der Waals surface area contributed by atoms with Gasteiger partial charge in [-0.15, -0.1) is 24.0 Å². The molecule has 1 fully saturated rings. The van der Waals surface area contributed by atoms with Gasteiger partial charge in [0.05, 0.1) is 6.61 Å². The van der Waals surface area contributed by atoms with Crippen LogP contribution < -0.4 is 15.4 Å². The number of likely N-dealkylation sites (tertiary alicyclic amines) is 1. The molecular formula is C20H34FIN4O. The van der Waals surface area contributed by atoms with Gasteiger partial charge in [0, 0.05) is 38.6 Å². The number of ether oxygens (including phenoxy) is 1. The van der Waals surface area contributed by atoms with Crippen LogP contribution >= 0.6 is 24.0 Å². The molecule has 0 radical (unpaired) electrons. The minimum atomic E-state index is -0.246. The number of hydrogen-bond acceptors (Lipinski definition) is 3. The number of hydrogen-bond donors (Lipinski definition) is 2. The van der Waals surface area contributed by atoms with Crippen LogP contribution in [0.4, 0.5) is 4.39 Å². The minimum Gasteiger partial charge on any atom is -0.494 e. The molecule has 0 saturated carbocycles. The first-order chi connectivity index (χ1) is 12.7. The number of guanidine groups is 1. The van der Waals surface area contributed by atoms with Gasteiger partial charge in [0.25, 0.3) is 0 Å². The Labute approximate surface area is 180 Å². The van der Waals surface area contributed by atoms with Crippen molar-refractivity contribution >= 4 is 29.9 Å². The summed E-state index contributed by atoms with van der Waals surface area (Å²) in [4.78, 5) is 7.19. The van der Waals surface area contributed by atoms with E-state index in [9.17, 15) is 4.39 Å². The van der Waals surface area contributed by atoms with Gasteiger partial charge in [-0.05, 0) is 57.0 Å². The number of piperidine rings is 1. The van der Waals surface area contributed by atoms with Crippen molar-refractivity contribution in [2.45, 2.75) is 45.6 Å². The molecule has 5 nitrogen and oxygen atoms in total. The van der Waals surface area contributed by atoms with E-state index in [0.29, 0.717) is 24.9 Å². The average molecular weight is 492 g/mol. The van der Waals surface area contributed by atoms with Gasteiger partial charge in [-0.3, -0.25) is 4.99 Å². The molecule has 0 bridgehead atoms. The van der Waals surface area contributed by atoms with E-state index in [-0.39, 0.29) is 29.8 Å². The maximum Gasteiger partial charge on any atom is 0.191 e. The van der Waals surface area contributed by atoms with E-state index in [1.807, 2.05) is 0 Å².